The van der Waals surface area contributed by atoms with Gasteiger partial charge in [-0.15, -0.1) is 0 Å². The summed E-state index contributed by atoms with van der Waals surface area (Å²) >= 11 is 0. The van der Waals surface area contributed by atoms with Crippen molar-refractivity contribution in [3.8, 4) is 0 Å². The van der Waals surface area contributed by atoms with Gasteiger partial charge in [0.2, 0.25) is 5.91 Å². The summed E-state index contributed by atoms with van der Waals surface area (Å²) in [5, 5.41) is 0. The molecule has 0 radical (unpaired) electrons. The Bertz CT molecular complexity index is 419. The second-order valence-corrected chi connectivity index (χ2v) is 8.81. The van der Waals surface area contributed by atoms with Gasteiger partial charge in [0.1, 0.15) is 0 Å². The lowest BCUT2D eigenvalue weighted by Gasteiger charge is -2.57. The minimum atomic E-state index is 0.311. The number of ether oxygens (including phenoxy) is 3. The van der Waals surface area contributed by atoms with Crippen molar-refractivity contribution < 1.29 is 19.0 Å². The van der Waals surface area contributed by atoms with Crippen molar-refractivity contribution in [3.63, 3.8) is 0 Å². The first-order chi connectivity index (χ1) is 12.2. The predicted molar refractivity (Wildman–Crippen MR) is 94.3 cm³/mol. The summed E-state index contributed by atoms with van der Waals surface area (Å²) in [6.07, 6.45) is 8.93. The van der Waals surface area contributed by atoms with E-state index in [1.165, 1.54) is 38.5 Å². The molecule has 0 aromatic carbocycles. The number of hydrogen-bond donors (Lipinski definition) is 0. The van der Waals surface area contributed by atoms with Gasteiger partial charge in [-0.2, -0.15) is 0 Å². The van der Waals surface area contributed by atoms with Crippen LogP contribution < -0.4 is 0 Å². The number of amides is 1. The number of rotatable bonds is 2. The van der Waals surface area contributed by atoms with Gasteiger partial charge in [-0.05, 0) is 61.7 Å². The van der Waals surface area contributed by atoms with Crippen LogP contribution in [0.1, 0.15) is 44.9 Å². The number of nitrogens with zero attached hydrogens (tertiary/aromatic N) is 1. The van der Waals surface area contributed by atoms with E-state index < -0.39 is 0 Å². The number of hydrogen-bond acceptors (Lipinski definition) is 4. The van der Waals surface area contributed by atoms with E-state index >= 15 is 0 Å². The van der Waals surface area contributed by atoms with E-state index in [0.717, 1.165) is 24.2 Å². The molecule has 5 fully saturated rings. The van der Waals surface area contributed by atoms with Gasteiger partial charge in [-0.3, -0.25) is 4.79 Å². The Kier molecular flexibility index (Phi) is 5.63. The quantitative estimate of drug-likeness (QED) is 0.767. The molecule has 4 aliphatic carbocycles. The first-order valence-electron chi connectivity index (χ1n) is 10.2. The van der Waals surface area contributed by atoms with Gasteiger partial charge in [-0.1, -0.05) is 0 Å². The summed E-state index contributed by atoms with van der Waals surface area (Å²) in [6, 6.07) is 0. The molecule has 5 rings (SSSR count). The summed E-state index contributed by atoms with van der Waals surface area (Å²) in [6.45, 7) is 4.93. The third kappa shape index (κ3) is 4.37. The summed E-state index contributed by atoms with van der Waals surface area (Å²) < 4.78 is 16.7. The fraction of sp³-hybridized carbons (Fsp3) is 0.950. The third-order valence-corrected chi connectivity index (χ3v) is 6.80. The van der Waals surface area contributed by atoms with E-state index in [0.29, 0.717) is 64.1 Å². The van der Waals surface area contributed by atoms with Gasteiger partial charge in [0.25, 0.3) is 0 Å². The summed E-state index contributed by atoms with van der Waals surface area (Å²) in [4.78, 5) is 15.1. The van der Waals surface area contributed by atoms with Gasteiger partial charge in [0.05, 0.1) is 39.6 Å². The Labute approximate surface area is 151 Å². The van der Waals surface area contributed by atoms with Crippen molar-refractivity contribution in [3.05, 3.63) is 0 Å². The van der Waals surface area contributed by atoms with Crippen LogP contribution in [0.15, 0.2) is 0 Å². The lowest BCUT2D eigenvalue weighted by molar-refractivity contribution is -0.141. The van der Waals surface area contributed by atoms with Gasteiger partial charge >= 0.3 is 0 Å². The van der Waals surface area contributed by atoms with Crippen molar-refractivity contribution in [1.82, 2.24) is 4.90 Å². The number of carbonyl (C=O) groups excluding carboxylic acids is 1. The molecule has 1 heterocycles. The third-order valence-electron chi connectivity index (χ3n) is 6.80. The molecular weight excluding hydrogens is 318 g/mol. The van der Waals surface area contributed by atoms with Crippen LogP contribution in [0.25, 0.3) is 0 Å². The largest absolute Gasteiger partial charge is 0.377 e. The SMILES string of the molecule is O=C(CC12CC3CC(CC(C3)C1)C2)N1CCOCCOCCOCC1. The second kappa shape index (κ2) is 7.93. The first kappa shape index (κ1) is 17.7. The molecule has 0 aromatic heterocycles. The average Bonchev–Trinajstić information content (AvgIpc) is 2.53. The molecule has 5 heteroatoms. The molecular formula is C20H33NO4. The minimum absolute atomic E-state index is 0.311. The van der Waals surface area contributed by atoms with Crippen molar-refractivity contribution in [2.24, 2.45) is 23.2 Å². The Morgan fingerprint density at radius 3 is 1.68 bits per heavy atom. The van der Waals surface area contributed by atoms with Crippen LogP contribution >= 0.6 is 0 Å². The van der Waals surface area contributed by atoms with E-state index in [9.17, 15) is 4.79 Å². The van der Waals surface area contributed by atoms with E-state index in [-0.39, 0.29) is 0 Å². The highest BCUT2D eigenvalue weighted by Crippen LogP contribution is 2.61. The Balaban J connectivity index is 1.35. The van der Waals surface area contributed by atoms with Crippen LogP contribution in [0.5, 0.6) is 0 Å². The lowest BCUT2D eigenvalue weighted by Crippen LogP contribution is -2.49. The Morgan fingerprint density at radius 1 is 0.760 bits per heavy atom. The second-order valence-electron chi connectivity index (χ2n) is 8.81. The zero-order chi connectivity index (χ0) is 17.1. The zero-order valence-electron chi connectivity index (χ0n) is 15.4. The van der Waals surface area contributed by atoms with Gasteiger partial charge in [0.15, 0.2) is 0 Å². The standard InChI is InChI=1S/C20H33NO4/c22-19(21-1-3-23-5-7-25-8-6-24-4-2-21)15-20-12-16-9-17(13-20)11-18(10-16)14-20/h16-18H,1-15H2. The van der Waals surface area contributed by atoms with Crippen LogP contribution in [0.2, 0.25) is 0 Å². The summed E-state index contributed by atoms with van der Waals surface area (Å²) in [5.74, 6) is 3.02. The topological polar surface area (TPSA) is 48.0 Å². The molecule has 4 bridgehead atoms. The van der Waals surface area contributed by atoms with Gasteiger partial charge in [-0.25, -0.2) is 0 Å². The highest BCUT2D eigenvalue weighted by Gasteiger charge is 2.51. The van der Waals surface area contributed by atoms with E-state index in [1.807, 2.05) is 4.90 Å². The molecule has 0 atom stereocenters. The molecule has 0 N–H and O–H groups in total. The van der Waals surface area contributed by atoms with Crippen molar-refractivity contribution in [1.29, 1.82) is 0 Å². The molecule has 25 heavy (non-hydrogen) atoms. The summed E-state index contributed by atoms with van der Waals surface area (Å²) in [5.41, 5.74) is 0.311. The van der Waals surface area contributed by atoms with Crippen LogP contribution in [-0.4, -0.2) is 63.5 Å². The molecule has 0 aromatic rings. The molecule has 0 spiro atoms. The Hall–Kier alpha value is -0.650. The van der Waals surface area contributed by atoms with Crippen molar-refractivity contribution >= 4 is 5.91 Å². The summed E-state index contributed by atoms with van der Waals surface area (Å²) in [7, 11) is 0. The van der Waals surface area contributed by atoms with Crippen molar-refractivity contribution in [2.75, 3.05) is 52.7 Å². The first-order valence-corrected chi connectivity index (χ1v) is 10.2. The maximum Gasteiger partial charge on any atom is 0.223 e. The van der Waals surface area contributed by atoms with Gasteiger partial charge < -0.3 is 19.1 Å². The fourth-order valence-corrected chi connectivity index (χ4v) is 6.19. The maximum absolute atomic E-state index is 13.1. The zero-order valence-corrected chi connectivity index (χ0v) is 15.4. The predicted octanol–water partition coefficient (Wildman–Crippen LogP) is 2.48. The average molecular weight is 351 g/mol. The molecule has 1 amide bonds. The van der Waals surface area contributed by atoms with Crippen LogP contribution in [0, 0.1) is 23.2 Å². The van der Waals surface area contributed by atoms with Crippen LogP contribution in [-0.2, 0) is 19.0 Å². The normalized spacial score (nSPS) is 39.7. The molecule has 142 valence electrons. The molecule has 0 unspecified atom stereocenters. The highest BCUT2D eigenvalue weighted by atomic mass is 16.5. The van der Waals surface area contributed by atoms with E-state index in [2.05, 4.69) is 0 Å². The fourth-order valence-electron chi connectivity index (χ4n) is 6.19. The van der Waals surface area contributed by atoms with E-state index in [4.69, 9.17) is 14.2 Å². The molecule has 5 aliphatic rings. The molecule has 5 nitrogen and oxygen atoms in total. The molecule has 4 saturated carbocycles. The lowest BCUT2D eigenvalue weighted by atomic mass is 9.49. The Morgan fingerprint density at radius 2 is 1.20 bits per heavy atom. The molecule has 1 aliphatic heterocycles. The minimum Gasteiger partial charge on any atom is -0.377 e. The van der Waals surface area contributed by atoms with Crippen LogP contribution in [0.3, 0.4) is 0 Å². The highest BCUT2D eigenvalue weighted by molar-refractivity contribution is 5.77. The number of carbonyl (C=O) groups is 1. The van der Waals surface area contributed by atoms with E-state index in [1.54, 1.807) is 0 Å². The molecule has 1 saturated heterocycles. The smallest absolute Gasteiger partial charge is 0.223 e. The van der Waals surface area contributed by atoms with Crippen LogP contribution in [0.4, 0.5) is 0 Å². The maximum atomic E-state index is 13.1. The van der Waals surface area contributed by atoms with Gasteiger partial charge in [0, 0.05) is 19.5 Å². The monoisotopic (exact) mass is 351 g/mol. The van der Waals surface area contributed by atoms with Crippen molar-refractivity contribution in [2.45, 2.75) is 44.9 Å².